The Morgan fingerprint density at radius 3 is 2.47 bits per heavy atom. The molecule has 1 spiro atoms. The summed E-state index contributed by atoms with van der Waals surface area (Å²) in [7, 11) is 0. The molecule has 0 aromatic heterocycles. The van der Waals surface area contributed by atoms with E-state index in [1.54, 1.807) is 0 Å². The van der Waals surface area contributed by atoms with Gasteiger partial charge in [-0.15, -0.1) is 0 Å². The highest BCUT2D eigenvalue weighted by atomic mass is 16.5. The summed E-state index contributed by atoms with van der Waals surface area (Å²) in [5, 5.41) is 0. The molecule has 0 aromatic rings. The van der Waals surface area contributed by atoms with Gasteiger partial charge in [0, 0.05) is 6.04 Å². The van der Waals surface area contributed by atoms with E-state index in [2.05, 4.69) is 20.8 Å². The first-order chi connectivity index (χ1) is 7.91. The van der Waals surface area contributed by atoms with Crippen molar-refractivity contribution in [3.63, 3.8) is 0 Å². The number of hydrogen-bond donors (Lipinski definition) is 1. The van der Waals surface area contributed by atoms with Gasteiger partial charge < -0.3 is 10.5 Å². The van der Waals surface area contributed by atoms with Gasteiger partial charge in [0.25, 0.3) is 0 Å². The predicted octanol–water partition coefficient (Wildman–Crippen LogP) is 3.63. The van der Waals surface area contributed by atoms with Crippen molar-refractivity contribution < 1.29 is 4.74 Å². The Kier molecular flexibility index (Phi) is 3.84. The topological polar surface area (TPSA) is 35.2 Å². The molecule has 2 N–H and O–H groups in total. The quantitative estimate of drug-likeness (QED) is 0.816. The van der Waals surface area contributed by atoms with Crippen LogP contribution in [0.4, 0.5) is 0 Å². The third-order valence-corrected chi connectivity index (χ3v) is 4.77. The molecule has 100 valence electrons. The molecule has 0 amide bonds. The third kappa shape index (κ3) is 3.23. The molecule has 2 aliphatic rings. The summed E-state index contributed by atoms with van der Waals surface area (Å²) in [6.07, 6.45) is 10.6. The van der Waals surface area contributed by atoms with Crippen LogP contribution in [0.3, 0.4) is 0 Å². The molecular formula is C15H29NO. The highest BCUT2D eigenvalue weighted by molar-refractivity contribution is 4.93. The van der Waals surface area contributed by atoms with Gasteiger partial charge in [-0.2, -0.15) is 0 Å². The maximum Gasteiger partial charge on any atom is 0.0687 e. The van der Waals surface area contributed by atoms with Gasteiger partial charge in [-0.05, 0) is 43.9 Å². The zero-order chi connectivity index (χ0) is 12.5. The molecule has 1 aliphatic heterocycles. The summed E-state index contributed by atoms with van der Waals surface area (Å²) in [6.45, 7) is 6.68. The van der Waals surface area contributed by atoms with Crippen LogP contribution in [0.2, 0.25) is 0 Å². The van der Waals surface area contributed by atoms with E-state index in [0.717, 1.165) is 12.8 Å². The van der Waals surface area contributed by atoms with Gasteiger partial charge in [0.05, 0.1) is 11.7 Å². The van der Waals surface area contributed by atoms with E-state index in [9.17, 15) is 0 Å². The summed E-state index contributed by atoms with van der Waals surface area (Å²) in [5.41, 5.74) is 6.73. The minimum absolute atomic E-state index is 0.226. The Labute approximate surface area is 106 Å². The fourth-order valence-electron chi connectivity index (χ4n) is 3.28. The molecular weight excluding hydrogens is 210 g/mol. The minimum Gasteiger partial charge on any atom is -0.372 e. The van der Waals surface area contributed by atoms with Crippen molar-refractivity contribution in [3.8, 4) is 0 Å². The van der Waals surface area contributed by atoms with Gasteiger partial charge in [0.1, 0.15) is 0 Å². The van der Waals surface area contributed by atoms with Crippen molar-refractivity contribution in [2.75, 3.05) is 0 Å². The van der Waals surface area contributed by atoms with E-state index in [1.165, 1.54) is 38.5 Å². The van der Waals surface area contributed by atoms with Crippen molar-refractivity contribution in [2.45, 2.75) is 89.9 Å². The van der Waals surface area contributed by atoms with Crippen LogP contribution in [0.15, 0.2) is 0 Å². The van der Waals surface area contributed by atoms with Crippen LogP contribution in [0.1, 0.15) is 72.1 Å². The second-order valence-electron chi connectivity index (χ2n) is 7.22. The Balaban J connectivity index is 1.75. The molecule has 1 aliphatic carbocycles. The Bertz CT molecular complexity index is 250. The smallest absolute Gasteiger partial charge is 0.0687 e. The molecule has 2 rings (SSSR count). The monoisotopic (exact) mass is 239 g/mol. The summed E-state index contributed by atoms with van der Waals surface area (Å²) < 4.78 is 6.32. The lowest BCUT2D eigenvalue weighted by Gasteiger charge is -2.29. The Morgan fingerprint density at radius 1 is 1.24 bits per heavy atom. The molecule has 1 heterocycles. The Morgan fingerprint density at radius 2 is 1.88 bits per heavy atom. The Hall–Kier alpha value is -0.0800. The highest BCUT2D eigenvalue weighted by Crippen LogP contribution is 2.44. The molecule has 0 radical (unpaired) electrons. The average Bonchev–Trinajstić information content (AvgIpc) is 2.85. The lowest BCUT2D eigenvalue weighted by atomic mass is 9.84. The van der Waals surface area contributed by atoms with Crippen LogP contribution in [-0.2, 0) is 4.74 Å². The standard InChI is InChI=1S/C15H29NO/c1-14(2,3)13(16)7-6-12-8-11-15(17-12)9-4-5-10-15/h12-13H,4-11,16H2,1-3H3. The van der Waals surface area contributed by atoms with Crippen molar-refractivity contribution in [1.82, 2.24) is 0 Å². The molecule has 2 atom stereocenters. The van der Waals surface area contributed by atoms with Crippen LogP contribution in [0, 0.1) is 5.41 Å². The summed E-state index contributed by atoms with van der Waals surface area (Å²) in [6, 6.07) is 0.297. The van der Waals surface area contributed by atoms with Gasteiger partial charge in [0.15, 0.2) is 0 Å². The molecule has 0 bridgehead atoms. The summed E-state index contributed by atoms with van der Waals surface area (Å²) >= 11 is 0. The molecule has 2 nitrogen and oxygen atoms in total. The number of nitrogens with two attached hydrogens (primary N) is 1. The fraction of sp³-hybridized carbons (Fsp3) is 1.00. The van der Waals surface area contributed by atoms with Crippen molar-refractivity contribution in [3.05, 3.63) is 0 Å². The van der Waals surface area contributed by atoms with Crippen molar-refractivity contribution in [1.29, 1.82) is 0 Å². The first-order valence-corrected chi connectivity index (χ1v) is 7.35. The molecule has 1 saturated heterocycles. The van der Waals surface area contributed by atoms with Crippen LogP contribution in [0.5, 0.6) is 0 Å². The van der Waals surface area contributed by atoms with E-state index in [-0.39, 0.29) is 11.0 Å². The fourth-order valence-corrected chi connectivity index (χ4v) is 3.28. The van der Waals surface area contributed by atoms with Crippen molar-refractivity contribution in [2.24, 2.45) is 11.1 Å². The molecule has 0 aromatic carbocycles. The molecule has 2 unspecified atom stereocenters. The summed E-state index contributed by atoms with van der Waals surface area (Å²) in [5.74, 6) is 0. The zero-order valence-electron chi connectivity index (χ0n) is 11.8. The zero-order valence-corrected chi connectivity index (χ0v) is 11.8. The lowest BCUT2D eigenvalue weighted by molar-refractivity contribution is -0.0406. The predicted molar refractivity (Wildman–Crippen MR) is 72.0 cm³/mol. The van der Waals surface area contributed by atoms with E-state index >= 15 is 0 Å². The normalized spacial score (nSPS) is 30.0. The van der Waals surface area contributed by atoms with Gasteiger partial charge in [-0.25, -0.2) is 0 Å². The minimum atomic E-state index is 0.226. The number of rotatable bonds is 3. The van der Waals surface area contributed by atoms with Gasteiger partial charge in [-0.1, -0.05) is 33.6 Å². The second kappa shape index (κ2) is 4.89. The van der Waals surface area contributed by atoms with E-state index < -0.39 is 0 Å². The largest absolute Gasteiger partial charge is 0.372 e. The maximum atomic E-state index is 6.32. The molecule has 1 saturated carbocycles. The lowest BCUT2D eigenvalue weighted by Crippen LogP contribution is -2.36. The molecule has 2 heteroatoms. The first-order valence-electron chi connectivity index (χ1n) is 7.35. The van der Waals surface area contributed by atoms with E-state index in [4.69, 9.17) is 10.5 Å². The van der Waals surface area contributed by atoms with Crippen LogP contribution < -0.4 is 5.73 Å². The van der Waals surface area contributed by atoms with Crippen LogP contribution >= 0.6 is 0 Å². The summed E-state index contributed by atoms with van der Waals surface area (Å²) in [4.78, 5) is 0. The van der Waals surface area contributed by atoms with Crippen LogP contribution in [-0.4, -0.2) is 17.7 Å². The van der Waals surface area contributed by atoms with Gasteiger partial charge in [0.2, 0.25) is 0 Å². The van der Waals surface area contributed by atoms with E-state index in [1.807, 2.05) is 0 Å². The van der Waals surface area contributed by atoms with Gasteiger partial charge in [-0.3, -0.25) is 0 Å². The number of ether oxygens (including phenoxy) is 1. The first kappa shape index (κ1) is 13.4. The SMILES string of the molecule is CC(C)(C)C(N)CCC1CCC2(CCCC2)O1. The number of hydrogen-bond acceptors (Lipinski definition) is 2. The van der Waals surface area contributed by atoms with Crippen LogP contribution in [0.25, 0.3) is 0 Å². The molecule has 2 fully saturated rings. The highest BCUT2D eigenvalue weighted by Gasteiger charge is 2.42. The maximum absolute atomic E-state index is 6.32. The van der Waals surface area contributed by atoms with E-state index in [0.29, 0.717) is 12.1 Å². The average molecular weight is 239 g/mol. The van der Waals surface area contributed by atoms with Gasteiger partial charge >= 0.3 is 0 Å². The van der Waals surface area contributed by atoms with Crippen molar-refractivity contribution >= 4 is 0 Å². The second-order valence-corrected chi connectivity index (χ2v) is 7.22. The third-order valence-electron chi connectivity index (χ3n) is 4.77. The molecule has 17 heavy (non-hydrogen) atoms.